The standard InChI is InChI=1S/C14H16BrNO4S/c1-19-12-6-7-13(20-2)14(9-12)21(17,18)16-11-5-3-4-10(15)8-11/h3-4,6-9,11,16H,5H2,1-2H3. The molecule has 0 aliphatic heterocycles. The van der Waals surface area contributed by atoms with Gasteiger partial charge in [-0.3, -0.25) is 0 Å². The number of hydrogen-bond acceptors (Lipinski definition) is 4. The average Bonchev–Trinajstić information content (AvgIpc) is 2.46. The molecule has 1 aromatic carbocycles. The summed E-state index contributed by atoms with van der Waals surface area (Å²) < 4.78 is 38.8. The number of benzene rings is 1. The van der Waals surface area contributed by atoms with E-state index >= 15 is 0 Å². The van der Waals surface area contributed by atoms with E-state index in [-0.39, 0.29) is 16.7 Å². The number of rotatable bonds is 5. The van der Waals surface area contributed by atoms with Gasteiger partial charge in [0.15, 0.2) is 0 Å². The topological polar surface area (TPSA) is 64.6 Å². The molecule has 0 saturated heterocycles. The van der Waals surface area contributed by atoms with Gasteiger partial charge in [0.25, 0.3) is 0 Å². The fourth-order valence-electron chi connectivity index (χ4n) is 1.98. The van der Waals surface area contributed by atoms with Crippen LogP contribution in [0.2, 0.25) is 0 Å². The minimum absolute atomic E-state index is 0.0587. The predicted molar refractivity (Wildman–Crippen MR) is 84.4 cm³/mol. The number of methoxy groups -OCH3 is 2. The summed E-state index contributed by atoms with van der Waals surface area (Å²) in [4.78, 5) is 0.0587. The molecule has 1 atom stereocenters. The van der Waals surface area contributed by atoms with Gasteiger partial charge in [-0.2, -0.15) is 0 Å². The Balaban J connectivity index is 2.33. The number of sulfonamides is 1. The van der Waals surface area contributed by atoms with Crippen LogP contribution in [0.25, 0.3) is 0 Å². The highest BCUT2D eigenvalue weighted by Gasteiger charge is 2.24. The highest BCUT2D eigenvalue weighted by atomic mass is 79.9. The largest absolute Gasteiger partial charge is 0.497 e. The number of halogens is 1. The third-order valence-electron chi connectivity index (χ3n) is 2.99. The molecule has 1 unspecified atom stereocenters. The summed E-state index contributed by atoms with van der Waals surface area (Å²) in [6, 6.07) is 4.36. The van der Waals surface area contributed by atoms with Crippen LogP contribution in [-0.2, 0) is 10.0 Å². The first-order valence-electron chi connectivity index (χ1n) is 6.24. The van der Waals surface area contributed by atoms with Crippen LogP contribution in [0.15, 0.2) is 45.8 Å². The van der Waals surface area contributed by atoms with Crippen molar-refractivity contribution in [2.24, 2.45) is 0 Å². The van der Waals surface area contributed by atoms with Crippen molar-refractivity contribution in [3.63, 3.8) is 0 Å². The van der Waals surface area contributed by atoms with Crippen molar-refractivity contribution in [1.29, 1.82) is 0 Å². The maximum atomic E-state index is 12.5. The molecule has 7 heteroatoms. The molecule has 1 aliphatic carbocycles. The number of nitrogens with one attached hydrogen (secondary N) is 1. The Labute approximate surface area is 132 Å². The van der Waals surface area contributed by atoms with E-state index in [0.29, 0.717) is 12.2 Å². The second kappa shape index (κ2) is 6.64. The first-order valence-corrected chi connectivity index (χ1v) is 8.52. The second-order valence-corrected chi connectivity index (χ2v) is 7.03. The molecule has 0 saturated carbocycles. The third-order valence-corrected chi connectivity index (χ3v) is 5.03. The van der Waals surface area contributed by atoms with E-state index in [1.54, 1.807) is 12.1 Å². The van der Waals surface area contributed by atoms with E-state index in [4.69, 9.17) is 9.47 Å². The molecule has 0 radical (unpaired) electrons. The first kappa shape index (κ1) is 16.1. The number of hydrogen-bond donors (Lipinski definition) is 1. The molecule has 0 fully saturated rings. The van der Waals surface area contributed by atoms with Crippen molar-refractivity contribution in [1.82, 2.24) is 4.72 Å². The van der Waals surface area contributed by atoms with Gasteiger partial charge in [0.2, 0.25) is 10.0 Å². The molecule has 0 aromatic heterocycles. The van der Waals surface area contributed by atoms with Crippen LogP contribution < -0.4 is 14.2 Å². The summed E-state index contributed by atoms with van der Waals surface area (Å²) in [6.07, 6.45) is 6.20. The van der Waals surface area contributed by atoms with Gasteiger partial charge >= 0.3 is 0 Å². The second-order valence-electron chi connectivity index (χ2n) is 4.43. The maximum Gasteiger partial charge on any atom is 0.244 e. The summed E-state index contributed by atoms with van der Waals surface area (Å²) in [5.41, 5.74) is 0. The van der Waals surface area contributed by atoms with Crippen LogP contribution in [0.1, 0.15) is 6.42 Å². The molecule has 0 spiro atoms. The van der Waals surface area contributed by atoms with Crippen LogP contribution in [0.4, 0.5) is 0 Å². The molecular weight excluding hydrogens is 358 g/mol. The molecule has 2 rings (SSSR count). The highest BCUT2D eigenvalue weighted by Crippen LogP contribution is 2.28. The van der Waals surface area contributed by atoms with Crippen LogP contribution >= 0.6 is 15.9 Å². The minimum atomic E-state index is -3.71. The molecule has 21 heavy (non-hydrogen) atoms. The summed E-state index contributed by atoms with van der Waals surface area (Å²) >= 11 is 3.34. The van der Waals surface area contributed by atoms with E-state index in [0.717, 1.165) is 4.48 Å². The molecule has 0 bridgehead atoms. The zero-order valence-electron chi connectivity index (χ0n) is 11.7. The smallest absolute Gasteiger partial charge is 0.244 e. The number of ether oxygens (including phenoxy) is 2. The van der Waals surface area contributed by atoms with E-state index in [9.17, 15) is 8.42 Å². The summed E-state index contributed by atoms with van der Waals surface area (Å²) in [7, 11) is -0.798. The SMILES string of the molecule is COc1ccc(OC)c(S(=O)(=O)NC2C=C(Br)C=CC2)c1. The zero-order chi connectivity index (χ0) is 15.5. The summed E-state index contributed by atoms with van der Waals surface area (Å²) in [6.45, 7) is 0. The van der Waals surface area contributed by atoms with Gasteiger partial charge in [0.1, 0.15) is 16.4 Å². The van der Waals surface area contributed by atoms with Crippen molar-refractivity contribution in [3.05, 3.63) is 40.9 Å². The molecular formula is C14H16BrNO4S. The lowest BCUT2D eigenvalue weighted by Gasteiger charge is -2.18. The quantitative estimate of drug-likeness (QED) is 0.861. The molecule has 114 valence electrons. The van der Waals surface area contributed by atoms with Crippen LogP contribution in [0.5, 0.6) is 11.5 Å². The van der Waals surface area contributed by atoms with Gasteiger partial charge in [-0.05, 0) is 18.6 Å². The van der Waals surface area contributed by atoms with Gasteiger partial charge in [0, 0.05) is 16.6 Å². The molecule has 1 aliphatic rings. The Hall–Kier alpha value is -1.31. The Morgan fingerprint density at radius 2 is 2.05 bits per heavy atom. The van der Waals surface area contributed by atoms with E-state index in [1.165, 1.54) is 20.3 Å². The summed E-state index contributed by atoms with van der Waals surface area (Å²) in [5, 5.41) is 0. The average molecular weight is 374 g/mol. The van der Waals surface area contributed by atoms with Gasteiger partial charge < -0.3 is 9.47 Å². The van der Waals surface area contributed by atoms with E-state index < -0.39 is 10.0 Å². The van der Waals surface area contributed by atoms with Gasteiger partial charge in [0.05, 0.1) is 14.2 Å². The van der Waals surface area contributed by atoms with Gasteiger partial charge in [-0.1, -0.05) is 34.2 Å². The van der Waals surface area contributed by atoms with Crippen molar-refractivity contribution in [2.75, 3.05) is 14.2 Å². The van der Waals surface area contributed by atoms with Crippen molar-refractivity contribution in [2.45, 2.75) is 17.4 Å². The Bertz CT molecular complexity index is 682. The van der Waals surface area contributed by atoms with Crippen molar-refractivity contribution in [3.8, 4) is 11.5 Å². The Morgan fingerprint density at radius 3 is 2.67 bits per heavy atom. The molecule has 0 amide bonds. The molecule has 0 heterocycles. The minimum Gasteiger partial charge on any atom is -0.497 e. The zero-order valence-corrected chi connectivity index (χ0v) is 14.1. The van der Waals surface area contributed by atoms with Crippen molar-refractivity contribution < 1.29 is 17.9 Å². The highest BCUT2D eigenvalue weighted by molar-refractivity contribution is 9.11. The predicted octanol–water partition coefficient (Wildman–Crippen LogP) is 2.59. The molecule has 1 aromatic rings. The normalized spacial score (nSPS) is 18.2. The Morgan fingerprint density at radius 1 is 1.29 bits per heavy atom. The molecule has 5 nitrogen and oxygen atoms in total. The lowest BCUT2D eigenvalue weighted by Crippen LogP contribution is -2.34. The fourth-order valence-corrected chi connectivity index (χ4v) is 3.87. The van der Waals surface area contributed by atoms with Crippen LogP contribution in [0, 0.1) is 0 Å². The molecule has 1 N–H and O–H groups in total. The Kier molecular flexibility index (Phi) is 5.08. The fraction of sp³-hybridized carbons (Fsp3) is 0.286. The lowest BCUT2D eigenvalue weighted by molar-refractivity contribution is 0.391. The van der Waals surface area contributed by atoms with E-state index in [2.05, 4.69) is 20.7 Å². The lowest BCUT2D eigenvalue weighted by atomic mass is 10.1. The third kappa shape index (κ3) is 3.87. The van der Waals surface area contributed by atoms with Crippen LogP contribution in [0.3, 0.4) is 0 Å². The van der Waals surface area contributed by atoms with E-state index in [1.807, 2.05) is 18.2 Å². The van der Waals surface area contributed by atoms with Gasteiger partial charge in [-0.15, -0.1) is 0 Å². The summed E-state index contributed by atoms with van der Waals surface area (Å²) in [5.74, 6) is 0.731. The number of allylic oxidation sites excluding steroid dienone is 2. The van der Waals surface area contributed by atoms with Crippen LogP contribution in [-0.4, -0.2) is 28.7 Å². The van der Waals surface area contributed by atoms with Gasteiger partial charge in [-0.25, -0.2) is 13.1 Å². The van der Waals surface area contributed by atoms with Crippen molar-refractivity contribution >= 4 is 26.0 Å². The maximum absolute atomic E-state index is 12.5. The monoisotopic (exact) mass is 373 g/mol. The first-order chi connectivity index (χ1) is 9.96.